The molecule has 3 aromatic rings. The van der Waals surface area contributed by atoms with Crippen molar-refractivity contribution < 1.29 is 4.42 Å². The van der Waals surface area contributed by atoms with Gasteiger partial charge in [-0.1, -0.05) is 41.9 Å². The summed E-state index contributed by atoms with van der Waals surface area (Å²) < 4.78 is 5.61. The van der Waals surface area contributed by atoms with E-state index >= 15 is 0 Å². The summed E-state index contributed by atoms with van der Waals surface area (Å²) in [7, 11) is 1.95. The molecule has 0 saturated heterocycles. The van der Waals surface area contributed by atoms with Crippen LogP contribution in [0.4, 0.5) is 0 Å². The van der Waals surface area contributed by atoms with E-state index < -0.39 is 0 Å². The molecule has 0 bridgehead atoms. The number of fused-ring (bicyclic) bond motifs is 1. The zero-order valence-electron chi connectivity index (χ0n) is 11.3. The summed E-state index contributed by atoms with van der Waals surface area (Å²) in [6, 6.07) is 14.4. The lowest BCUT2D eigenvalue weighted by molar-refractivity contribution is 0.609. The fourth-order valence-electron chi connectivity index (χ4n) is 2.40. The van der Waals surface area contributed by atoms with E-state index in [1.54, 1.807) is 0 Å². The highest BCUT2D eigenvalue weighted by Gasteiger charge is 2.11. The Morgan fingerprint density at radius 3 is 2.65 bits per heavy atom. The van der Waals surface area contributed by atoms with Crippen molar-refractivity contribution in [2.24, 2.45) is 0 Å². The topological polar surface area (TPSA) is 25.2 Å². The number of rotatable bonds is 4. The number of hydrogen-bond donors (Lipinski definition) is 1. The van der Waals surface area contributed by atoms with Crippen molar-refractivity contribution in [2.75, 3.05) is 13.6 Å². The second-order valence-corrected chi connectivity index (χ2v) is 5.22. The Morgan fingerprint density at radius 1 is 1.10 bits per heavy atom. The number of nitrogens with one attached hydrogen (secondary N) is 1. The second-order valence-electron chi connectivity index (χ2n) is 4.82. The van der Waals surface area contributed by atoms with Gasteiger partial charge in [0, 0.05) is 5.39 Å². The molecule has 3 rings (SSSR count). The molecule has 0 unspecified atom stereocenters. The summed E-state index contributed by atoms with van der Waals surface area (Å²) in [5.74, 6) is 0. The molecule has 2 nitrogen and oxygen atoms in total. The highest BCUT2D eigenvalue weighted by atomic mass is 35.5. The molecule has 0 aliphatic heterocycles. The molecule has 102 valence electrons. The molecule has 0 radical (unpaired) electrons. The largest absolute Gasteiger partial charge is 0.462 e. The van der Waals surface area contributed by atoms with Crippen molar-refractivity contribution >= 4 is 22.6 Å². The quantitative estimate of drug-likeness (QED) is 0.763. The van der Waals surface area contributed by atoms with Gasteiger partial charge in [-0.25, -0.2) is 0 Å². The normalized spacial score (nSPS) is 11.1. The van der Waals surface area contributed by atoms with Gasteiger partial charge in [-0.2, -0.15) is 0 Å². The lowest BCUT2D eigenvalue weighted by Gasteiger charge is -2.04. The first kappa shape index (κ1) is 13.2. The van der Waals surface area contributed by atoms with Crippen molar-refractivity contribution in [1.82, 2.24) is 5.32 Å². The fourth-order valence-corrected chi connectivity index (χ4v) is 2.66. The van der Waals surface area contributed by atoms with E-state index in [1.165, 1.54) is 5.56 Å². The van der Waals surface area contributed by atoms with Gasteiger partial charge in [-0.05, 0) is 48.8 Å². The van der Waals surface area contributed by atoms with Gasteiger partial charge in [0.1, 0.15) is 0 Å². The van der Waals surface area contributed by atoms with Crippen LogP contribution in [0, 0.1) is 0 Å². The standard InChI is InChI=1S/C17H16ClNO/c1-19-8-7-13-11-20-17-15(13)9-14(10-16(17)18)12-5-3-2-4-6-12/h2-6,9-11,19H,7-8H2,1H3. The zero-order chi connectivity index (χ0) is 13.9. The first-order valence-electron chi connectivity index (χ1n) is 6.69. The molecule has 3 heteroatoms. The third-order valence-electron chi connectivity index (χ3n) is 3.46. The van der Waals surface area contributed by atoms with E-state index in [0.717, 1.165) is 35.1 Å². The molecule has 0 aliphatic carbocycles. The van der Waals surface area contributed by atoms with Crippen molar-refractivity contribution in [3.05, 3.63) is 59.3 Å². The van der Waals surface area contributed by atoms with Gasteiger partial charge in [0.2, 0.25) is 0 Å². The summed E-state index contributed by atoms with van der Waals surface area (Å²) in [5.41, 5.74) is 4.25. The Hall–Kier alpha value is -1.77. The van der Waals surface area contributed by atoms with Crippen LogP contribution < -0.4 is 5.32 Å². The maximum Gasteiger partial charge on any atom is 0.152 e. The Bertz CT molecular complexity index is 718. The molecule has 0 aliphatic rings. The van der Waals surface area contributed by atoms with E-state index in [-0.39, 0.29) is 0 Å². The lowest BCUT2D eigenvalue weighted by Crippen LogP contribution is -2.09. The molecule has 0 saturated carbocycles. The fraction of sp³-hybridized carbons (Fsp3) is 0.176. The van der Waals surface area contributed by atoms with Crippen molar-refractivity contribution in [3.63, 3.8) is 0 Å². The number of hydrogen-bond acceptors (Lipinski definition) is 2. The average Bonchev–Trinajstić information content (AvgIpc) is 2.89. The number of likely N-dealkylation sites (N-methyl/N-ethyl adjacent to an activating group) is 1. The van der Waals surface area contributed by atoms with Crippen LogP contribution in [0.5, 0.6) is 0 Å². The lowest BCUT2D eigenvalue weighted by atomic mass is 10.0. The maximum absolute atomic E-state index is 6.35. The van der Waals surface area contributed by atoms with Gasteiger partial charge in [0.05, 0.1) is 11.3 Å². The van der Waals surface area contributed by atoms with Crippen LogP contribution in [0.2, 0.25) is 5.02 Å². The van der Waals surface area contributed by atoms with E-state index in [4.69, 9.17) is 16.0 Å². The highest BCUT2D eigenvalue weighted by Crippen LogP contribution is 2.33. The minimum absolute atomic E-state index is 0.664. The summed E-state index contributed by atoms with van der Waals surface area (Å²) in [6.45, 7) is 0.918. The molecular formula is C17H16ClNO. The molecule has 0 atom stereocenters. The van der Waals surface area contributed by atoms with E-state index in [0.29, 0.717) is 5.02 Å². The van der Waals surface area contributed by atoms with Crippen molar-refractivity contribution in [2.45, 2.75) is 6.42 Å². The third kappa shape index (κ3) is 2.45. The Balaban J connectivity index is 2.11. The monoisotopic (exact) mass is 285 g/mol. The van der Waals surface area contributed by atoms with Crippen LogP contribution in [0.1, 0.15) is 5.56 Å². The van der Waals surface area contributed by atoms with Gasteiger partial charge in [0.25, 0.3) is 0 Å². The second kappa shape index (κ2) is 5.70. The van der Waals surface area contributed by atoms with Crippen LogP contribution in [0.3, 0.4) is 0 Å². The van der Waals surface area contributed by atoms with Crippen LogP contribution in [-0.2, 0) is 6.42 Å². The van der Waals surface area contributed by atoms with Gasteiger partial charge in [-0.15, -0.1) is 0 Å². The van der Waals surface area contributed by atoms with E-state index in [2.05, 4.69) is 23.5 Å². The van der Waals surface area contributed by atoms with Crippen LogP contribution in [-0.4, -0.2) is 13.6 Å². The van der Waals surface area contributed by atoms with Crippen LogP contribution >= 0.6 is 11.6 Å². The molecule has 1 heterocycles. The molecule has 0 spiro atoms. The first-order chi connectivity index (χ1) is 9.79. The minimum Gasteiger partial charge on any atom is -0.462 e. The van der Waals surface area contributed by atoms with Crippen LogP contribution in [0.25, 0.3) is 22.1 Å². The molecule has 1 N–H and O–H groups in total. The summed E-state index contributed by atoms with van der Waals surface area (Å²) >= 11 is 6.35. The van der Waals surface area contributed by atoms with Gasteiger partial charge in [-0.3, -0.25) is 0 Å². The smallest absolute Gasteiger partial charge is 0.152 e. The molecular weight excluding hydrogens is 270 g/mol. The average molecular weight is 286 g/mol. The zero-order valence-corrected chi connectivity index (χ0v) is 12.1. The van der Waals surface area contributed by atoms with Gasteiger partial charge < -0.3 is 9.73 Å². The molecule has 20 heavy (non-hydrogen) atoms. The number of benzene rings is 2. The SMILES string of the molecule is CNCCc1coc2c(Cl)cc(-c3ccccc3)cc12. The molecule has 0 fully saturated rings. The van der Waals surface area contributed by atoms with Gasteiger partial charge in [0.15, 0.2) is 5.58 Å². The minimum atomic E-state index is 0.664. The summed E-state index contributed by atoms with van der Waals surface area (Å²) in [4.78, 5) is 0. The predicted octanol–water partition coefficient (Wildman–Crippen LogP) is 4.52. The summed E-state index contributed by atoms with van der Waals surface area (Å²) in [6.07, 6.45) is 2.74. The van der Waals surface area contributed by atoms with E-state index in [9.17, 15) is 0 Å². The Labute approximate surface area is 123 Å². The van der Waals surface area contributed by atoms with Crippen LogP contribution in [0.15, 0.2) is 53.1 Å². The number of furan rings is 1. The molecule has 2 aromatic carbocycles. The summed E-state index contributed by atoms with van der Waals surface area (Å²) in [5, 5.41) is 4.92. The van der Waals surface area contributed by atoms with E-state index in [1.807, 2.05) is 37.6 Å². The van der Waals surface area contributed by atoms with Gasteiger partial charge >= 0.3 is 0 Å². The van der Waals surface area contributed by atoms with Crippen molar-refractivity contribution in [3.8, 4) is 11.1 Å². The predicted molar refractivity (Wildman–Crippen MR) is 84.3 cm³/mol. The highest BCUT2D eigenvalue weighted by molar-refractivity contribution is 6.35. The van der Waals surface area contributed by atoms with Crippen molar-refractivity contribution in [1.29, 1.82) is 0 Å². The number of halogens is 1. The molecule has 1 aromatic heterocycles. The Morgan fingerprint density at radius 2 is 1.90 bits per heavy atom. The molecule has 0 amide bonds. The third-order valence-corrected chi connectivity index (χ3v) is 3.74. The maximum atomic E-state index is 6.35. The Kier molecular flexibility index (Phi) is 3.77. The first-order valence-corrected chi connectivity index (χ1v) is 7.07.